The molecule has 0 amide bonds. The largest absolute Gasteiger partial charge is 0.370 e. The van der Waals surface area contributed by atoms with E-state index >= 15 is 0 Å². The number of aromatic nitrogens is 1. The second-order valence-electron chi connectivity index (χ2n) is 4.98. The highest BCUT2D eigenvalue weighted by Gasteiger charge is 2.28. The zero-order chi connectivity index (χ0) is 13.9. The number of hydrogen-bond acceptors (Lipinski definition) is 5. The zero-order valence-corrected chi connectivity index (χ0v) is 12.3. The second-order valence-corrected chi connectivity index (χ2v) is 7.21. The summed E-state index contributed by atoms with van der Waals surface area (Å²) in [5.41, 5.74) is 0.976. The molecule has 0 bridgehead atoms. The van der Waals surface area contributed by atoms with Crippen LogP contribution in [0.25, 0.3) is 0 Å². The fourth-order valence-corrected chi connectivity index (χ4v) is 3.95. The quantitative estimate of drug-likeness (QED) is 0.897. The van der Waals surface area contributed by atoms with E-state index in [2.05, 4.69) is 15.2 Å². The van der Waals surface area contributed by atoms with Gasteiger partial charge < -0.3 is 5.32 Å². The maximum atomic E-state index is 11.5. The Bertz CT molecular complexity index is 530. The summed E-state index contributed by atoms with van der Waals surface area (Å²) in [5, 5.41) is 3.18. The molecule has 0 aromatic carbocycles. The van der Waals surface area contributed by atoms with E-state index in [4.69, 9.17) is 0 Å². The van der Waals surface area contributed by atoms with Gasteiger partial charge in [0.2, 0.25) is 0 Å². The van der Waals surface area contributed by atoms with Gasteiger partial charge in [-0.3, -0.25) is 4.90 Å². The van der Waals surface area contributed by atoms with Crippen LogP contribution in [0, 0.1) is 0 Å². The Morgan fingerprint density at radius 3 is 2.95 bits per heavy atom. The fraction of sp³-hybridized carbons (Fsp3) is 0.615. The molecule has 1 fully saturated rings. The summed E-state index contributed by atoms with van der Waals surface area (Å²) in [5.74, 6) is 1.38. The van der Waals surface area contributed by atoms with Crippen LogP contribution < -0.4 is 5.32 Å². The molecule has 1 unspecified atom stereocenters. The lowest BCUT2D eigenvalue weighted by Crippen LogP contribution is -2.46. The number of anilines is 1. The van der Waals surface area contributed by atoms with Crippen molar-refractivity contribution < 1.29 is 8.42 Å². The Balaban J connectivity index is 2.03. The van der Waals surface area contributed by atoms with E-state index in [-0.39, 0.29) is 17.5 Å². The van der Waals surface area contributed by atoms with Crippen LogP contribution in [0.5, 0.6) is 0 Å². The van der Waals surface area contributed by atoms with Gasteiger partial charge in [-0.25, -0.2) is 13.4 Å². The maximum Gasteiger partial charge on any atom is 0.153 e. The third-order valence-corrected chi connectivity index (χ3v) is 5.13. The van der Waals surface area contributed by atoms with E-state index in [0.717, 1.165) is 18.1 Å². The average molecular weight is 283 g/mol. The predicted molar refractivity (Wildman–Crippen MR) is 76.9 cm³/mol. The molecule has 1 aliphatic heterocycles. The number of nitrogens with one attached hydrogen (secondary N) is 1. The van der Waals surface area contributed by atoms with Crippen molar-refractivity contribution in [3.63, 3.8) is 0 Å². The predicted octanol–water partition coefficient (Wildman–Crippen LogP) is 1.13. The Morgan fingerprint density at radius 1 is 1.47 bits per heavy atom. The fourth-order valence-electron chi connectivity index (χ4n) is 2.32. The van der Waals surface area contributed by atoms with Gasteiger partial charge in [-0.1, -0.05) is 6.07 Å². The highest BCUT2D eigenvalue weighted by Crippen LogP contribution is 2.15. The van der Waals surface area contributed by atoms with Gasteiger partial charge in [-0.05, 0) is 26.0 Å². The summed E-state index contributed by atoms with van der Waals surface area (Å²) >= 11 is 0. The van der Waals surface area contributed by atoms with Gasteiger partial charge in [0, 0.05) is 25.7 Å². The molecule has 1 saturated heterocycles. The van der Waals surface area contributed by atoms with Crippen molar-refractivity contribution in [3.8, 4) is 0 Å². The lowest BCUT2D eigenvalue weighted by molar-refractivity contribution is 0.215. The van der Waals surface area contributed by atoms with Gasteiger partial charge in [-0.2, -0.15) is 0 Å². The van der Waals surface area contributed by atoms with Crippen LogP contribution in [-0.2, 0) is 16.4 Å². The van der Waals surface area contributed by atoms with Crippen molar-refractivity contribution in [3.05, 3.63) is 23.9 Å². The minimum atomic E-state index is -2.85. The topological polar surface area (TPSA) is 62.3 Å². The minimum Gasteiger partial charge on any atom is -0.370 e. The Kier molecular flexibility index (Phi) is 4.42. The molecule has 0 aliphatic carbocycles. The van der Waals surface area contributed by atoms with Crippen molar-refractivity contribution in [1.29, 1.82) is 0 Å². The van der Waals surface area contributed by atoms with Gasteiger partial charge in [0.15, 0.2) is 9.84 Å². The van der Waals surface area contributed by atoms with Gasteiger partial charge in [0.05, 0.1) is 17.2 Å². The van der Waals surface area contributed by atoms with Crippen LogP contribution in [-0.4, -0.2) is 48.9 Å². The molecular formula is C13H21N3O2S. The number of pyridine rings is 1. The van der Waals surface area contributed by atoms with E-state index < -0.39 is 9.84 Å². The summed E-state index contributed by atoms with van der Waals surface area (Å²) in [7, 11) is -2.85. The average Bonchev–Trinajstić information content (AvgIpc) is 2.33. The highest BCUT2D eigenvalue weighted by atomic mass is 32.2. The van der Waals surface area contributed by atoms with E-state index in [9.17, 15) is 8.42 Å². The number of rotatable bonds is 4. The molecule has 1 atom stereocenters. The molecule has 1 N–H and O–H groups in total. The SMILES string of the molecule is CCNc1cccc(CN2CCS(=O)(=O)CC2C)n1. The van der Waals surface area contributed by atoms with Crippen LogP contribution >= 0.6 is 0 Å². The molecule has 0 radical (unpaired) electrons. The summed E-state index contributed by atoms with van der Waals surface area (Å²) in [4.78, 5) is 6.70. The van der Waals surface area contributed by atoms with Crippen molar-refractivity contribution in [2.45, 2.75) is 26.4 Å². The smallest absolute Gasteiger partial charge is 0.153 e. The van der Waals surface area contributed by atoms with Crippen LogP contribution in [0.4, 0.5) is 5.82 Å². The molecule has 19 heavy (non-hydrogen) atoms. The van der Waals surface area contributed by atoms with Gasteiger partial charge in [0.25, 0.3) is 0 Å². The number of nitrogens with zero attached hydrogens (tertiary/aromatic N) is 2. The standard InChI is InChI=1S/C13H21N3O2S/c1-3-14-13-6-4-5-12(15-13)9-16-7-8-19(17,18)10-11(16)2/h4-6,11H,3,7-10H2,1-2H3,(H,14,15). The Morgan fingerprint density at radius 2 is 2.26 bits per heavy atom. The van der Waals surface area contributed by atoms with Gasteiger partial charge in [-0.15, -0.1) is 0 Å². The second kappa shape index (κ2) is 5.88. The van der Waals surface area contributed by atoms with Crippen LogP contribution in [0.1, 0.15) is 19.5 Å². The monoisotopic (exact) mass is 283 g/mol. The third-order valence-electron chi connectivity index (χ3n) is 3.34. The third kappa shape index (κ3) is 3.91. The van der Waals surface area contributed by atoms with E-state index in [0.29, 0.717) is 13.1 Å². The van der Waals surface area contributed by atoms with Crippen LogP contribution in [0.3, 0.4) is 0 Å². The molecular weight excluding hydrogens is 262 g/mol. The summed E-state index contributed by atoms with van der Waals surface area (Å²) in [6.07, 6.45) is 0. The molecule has 1 aliphatic rings. The van der Waals surface area contributed by atoms with Crippen LogP contribution in [0.15, 0.2) is 18.2 Å². The molecule has 0 spiro atoms. The number of sulfone groups is 1. The van der Waals surface area contributed by atoms with Gasteiger partial charge in [0.1, 0.15) is 5.82 Å². The molecule has 2 rings (SSSR count). The molecule has 2 heterocycles. The lowest BCUT2D eigenvalue weighted by Gasteiger charge is -2.32. The molecule has 6 heteroatoms. The first kappa shape index (κ1) is 14.3. The zero-order valence-electron chi connectivity index (χ0n) is 11.5. The lowest BCUT2D eigenvalue weighted by atomic mass is 10.2. The summed E-state index contributed by atoms with van der Waals surface area (Å²) in [6.45, 7) is 6.14. The van der Waals surface area contributed by atoms with Crippen molar-refractivity contribution >= 4 is 15.7 Å². The Labute approximate surface area is 114 Å². The first-order chi connectivity index (χ1) is 9.00. The maximum absolute atomic E-state index is 11.5. The van der Waals surface area contributed by atoms with E-state index in [1.165, 1.54) is 0 Å². The molecule has 1 aromatic heterocycles. The number of hydrogen-bond donors (Lipinski definition) is 1. The summed E-state index contributed by atoms with van der Waals surface area (Å²) in [6, 6.07) is 5.96. The van der Waals surface area contributed by atoms with Crippen molar-refractivity contribution in [2.75, 3.05) is 29.9 Å². The molecule has 1 aromatic rings. The first-order valence-corrected chi connectivity index (χ1v) is 8.46. The van der Waals surface area contributed by atoms with E-state index in [1.54, 1.807) is 0 Å². The molecule has 5 nitrogen and oxygen atoms in total. The highest BCUT2D eigenvalue weighted by molar-refractivity contribution is 7.91. The minimum absolute atomic E-state index is 0.0586. The molecule has 0 saturated carbocycles. The molecule has 106 valence electrons. The van der Waals surface area contributed by atoms with Gasteiger partial charge >= 0.3 is 0 Å². The summed E-state index contributed by atoms with van der Waals surface area (Å²) < 4.78 is 23.1. The van der Waals surface area contributed by atoms with Crippen LogP contribution in [0.2, 0.25) is 0 Å². The first-order valence-electron chi connectivity index (χ1n) is 6.64. The van der Waals surface area contributed by atoms with E-state index in [1.807, 2.05) is 32.0 Å². The van der Waals surface area contributed by atoms with Crippen molar-refractivity contribution in [2.24, 2.45) is 0 Å². The normalized spacial score (nSPS) is 23.2. The van der Waals surface area contributed by atoms with Crippen molar-refractivity contribution in [1.82, 2.24) is 9.88 Å². The Hall–Kier alpha value is -1.14.